The van der Waals surface area contributed by atoms with Gasteiger partial charge in [-0.25, -0.2) is 0 Å². The Bertz CT molecular complexity index is 341. The Morgan fingerprint density at radius 2 is 2.29 bits per heavy atom. The number of hydrogen-bond acceptors (Lipinski definition) is 1. The molecule has 0 aromatic carbocycles. The van der Waals surface area contributed by atoms with E-state index in [1.54, 1.807) is 11.3 Å². The second-order valence-corrected chi connectivity index (χ2v) is 5.98. The quantitative estimate of drug-likeness (QED) is 0.526. The third-order valence-electron chi connectivity index (χ3n) is 2.42. The highest BCUT2D eigenvalue weighted by atomic mass is 35.5. The molecule has 0 spiro atoms. The predicted octanol–water partition coefficient (Wildman–Crippen LogP) is 4.66. The molecule has 0 aliphatic heterocycles. The molecule has 1 heterocycles. The Hall–Kier alpha value is 0.0200. The molecule has 14 heavy (non-hydrogen) atoms. The van der Waals surface area contributed by atoms with Gasteiger partial charge in [0.15, 0.2) is 0 Å². The van der Waals surface area contributed by atoms with Crippen LogP contribution in [0.5, 0.6) is 0 Å². The zero-order valence-electron chi connectivity index (χ0n) is 7.80. The van der Waals surface area contributed by atoms with Crippen LogP contribution in [0.15, 0.2) is 23.8 Å². The second-order valence-electron chi connectivity index (χ2n) is 3.62. The molecule has 0 amide bonds. The summed E-state index contributed by atoms with van der Waals surface area (Å²) in [7, 11) is 0. The fraction of sp³-hybridized carbons (Fsp3) is 0.455. The summed E-state index contributed by atoms with van der Waals surface area (Å²) in [4.78, 5) is 1.34. The van der Waals surface area contributed by atoms with Crippen LogP contribution in [0.1, 0.15) is 24.1 Å². The van der Waals surface area contributed by atoms with Gasteiger partial charge in [-0.05, 0) is 31.4 Å². The molecule has 0 N–H and O–H groups in total. The number of rotatable bonds is 2. The number of halogens is 2. The lowest BCUT2D eigenvalue weighted by atomic mass is 9.96. The molecule has 0 bridgehead atoms. The van der Waals surface area contributed by atoms with Crippen molar-refractivity contribution in [2.45, 2.75) is 31.1 Å². The normalized spacial score (nSPS) is 22.1. The SMILES string of the molecule is Clc1ccc(CC2=CC(Cl)CCC2)s1. The van der Waals surface area contributed by atoms with Crippen molar-refractivity contribution >= 4 is 34.5 Å². The summed E-state index contributed by atoms with van der Waals surface area (Å²) in [5, 5.41) is 0.245. The first-order chi connectivity index (χ1) is 6.74. The molecule has 3 heteroatoms. The smallest absolute Gasteiger partial charge is 0.0931 e. The van der Waals surface area contributed by atoms with Crippen molar-refractivity contribution in [2.75, 3.05) is 0 Å². The Morgan fingerprint density at radius 1 is 1.43 bits per heavy atom. The van der Waals surface area contributed by atoms with Gasteiger partial charge in [0.1, 0.15) is 0 Å². The van der Waals surface area contributed by atoms with Gasteiger partial charge in [-0.3, -0.25) is 0 Å². The maximum atomic E-state index is 6.08. The maximum absolute atomic E-state index is 6.08. The average molecular weight is 247 g/mol. The highest BCUT2D eigenvalue weighted by Gasteiger charge is 2.11. The standard InChI is InChI=1S/C11H12Cl2S/c12-9-3-1-2-8(6-9)7-10-4-5-11(13)14-10/h4-6,9H,1-3,7H2. The van der Waals surface area contributed by atoms with Crippen molar-refractivity contribution in [1.29, 1.82) is 0 Å². The van der Waals surface area contributed by atoms with E-state index in [1.165, 1.54) is 23.3 Å². The summed E-state index contributed by atoms with van der Waals surface area (Å²) >= 11 is 13.6. The topological polar surface area (TPSA) is 0 Å². The zero-order chi connectivity index (χ0) is 9.97. The lowest BCUT2D eigenvalue weighted by Crippen LogP contribution is -2.04. The van der Waals surface area contributed by atoms with Gasteiger partial charge >= 0.3 is 0 Å². The molecular formula is C11H12Cl2S. The summed E-state index contributed by atoms with van der Waals surface area (Å²) < 4.78 is 0.874. The van der Waals surface area contributed by atoms with Gasteiger partial charge < -0.3 is 0 Å². The molecule has 0 saturated carbocycles. The second kappa shape index (κ2) is 4.69. The van der Waals surface area contributed by atoms with Crippen LogP contribution in [0.25, 0.3) is 0 Å². The zero-order valence-corrected chi connectivity index (χ0v) is 10.1. The number of thiophene rings is 1. The van der Waals surface area contributed by atoms with Gasteiger partial charge in [-0.2, -0.15) is 0 Å². The predicted molar refractivity (Wildman–Crippen MR) is 64.6 cm³/mol. The third kappa shape index (κ3) is 2.75. The average Bonchev–Trinajstić information content (AvgIpc) is 2.51. The van der Waals surface area contributed by atoms with Crippen molar-refractivity contribution in [1.82, 2.24) is 0 Å². The molecule has 1 atom stereocenters. The molecule has 1 aliphatic rings. The van der Waals surface area contributed by atoms with Gasteiger partial charge in [0, 0.05) is 11.3 Å². The molecule has 0 fully saturated rings. The van der Waals surface area contributed by atoms with Crippen molar-refractivity contribution in [3.63, 3.8) is 0 Å². The van der Waals surface area contributed by atoms with Gasteiger partial charge in [0.05, 0.1) is 9.71 Å². The Morgan fingerprint density at radius 3 is 2.93 bits per heavy atom. The van der Waals surface area contributed by atoms with E-state index in [2.05, 4.69) is 12.1 Å². The van der Waals surface area contributed by atoms with Crippen molar-refractivity contribution < 1.29 is 0 Å². The van der Waals surface area contributed by atoms with E-state index >= 15 is 0 Å². The number of hydrogen-bond donors (Lipinski definition) is 0. The molecule has 0 radical (unpaired) electrons. The fourth-order valence-electron chi connectivity index (χ4n) is 1.76. The molecule has 1 aromatic rings. The van der Waals surface area contributed by atoms with Crippen LogP contribution in [0, 0.1) is 0 Å². The summed E-state index contributed by atoms with van der Waals surface area (Å²) in [6, 6.07) is 4.06. The van der Waals surface area contributed by atoms with Crippen LogP contribution in [0.3, 0.4) is 0 Å². The van der Waals surface area contributed by atoms with Crippen molar-refractivity contribution in [3.8, 4) is 0 Å². The first-order valence-corrected chi connectivity index (χ1v) is 6.45. The van der Waals surface area contributed by atoms with Crippen molar-refractivity contribution in [2.24, 2.45) is 0 Å². The summed E-state index contributed by atoms with van der Waals surface area (Å²) in [5.41, 5.74) is 1.47. The number of allylic oxidation sites excluding steroid dienone is 2. The van der Waals surface area contributed by atoms with Crippen molar-refractivity contribution in [3.05, 3.63) is 33.0 Å². The van der Waals surface area contributed by atoms with E-state index in [4.69, 9.17) is 23.2 Å². The van der Waals surface area contributed by atoms with Crippen LogP contribution in [0.4, 0.5) is 0 Å². The van der Waals surface area contributed by atoms with E-state index in [9.17, 15) is 0 Å². The minimum atomic E-state index is 0.245. The Labute approximate surface area is 98.5 Å². The third-order valence-corrected chi connectivity index (χ3v) is 4.00. The molecule has 76 valence electrons. The molecule has 2 rings (SSSR count). The minimum Gasteiger partial charge on any atom is -0.128 e. The van der Waals surface area contributed by atoms with Crippen LogP contribution in [-0.2, 0) is 6.42 Å². The monoisotopic (exact) mass is 246 g/mol. The molecular weight excluding hydrogens is 235 g/mol. The molecule has 1 aromatic heterocycles. The van der Waals surface area contributed by atoms with E-state index in [-0.39, 0.29) is 5.38 Å². The van der Waals surface area contributed by atoms with Gasteiger partial charge in [-0.15, -0.1) is 22.9 Å². The summed E-state index contributed by atoms with van der Waals surface area (Å²) in [6.07, 6.45) is 6.77. The van der Waals surface area contributed by atoms with E-state index in [0.29, 0.717) is 0 Å². The van der Waals surface area contributed by atoms with E-state index in [0.717, 1.165) is 17.2 Å². The van der Waals surface area contributed by atoms with Crippen LogP contribution in [-0.4, -0.2) is 5.38 Å². The molecule has 1 aliphatic carbocycles. The molecule has 0 nitrogen and oxygen atoms in total. The van der Waals surface area contributed by atoms with Gasteiger partial charge in [0.2, 0.25) is 0 Å². The maximum Gasteiger partial charge on any atom is 0.0931 e. The van der Waals surface area contributed by atoms with E-state index in [1.807, 2.05) is 6.07 Å². The first kappa shape index (κ1) is 10.5. The lowest BCUT2D eigenvalue weighted by Gasteiger charge is -2.15. The van der Waals surface area contributed by atoms with Crippen LogP contribution >= 0.6 is 34.5 Å². The first-order valence-electron chi connectivity index (χ1n) is 4.82. The largest absolute Gasteiger partial charge is 0.128 e. The fourth-order valence-corrected chi connectivity index (χ4v) is 3.24. The molecule has 1 unspecified atom stereocenters. The van der Waals surface area contributed by atoms with Gasteiger partial charge in [-0.1, -0.05) is 23.3 Å². The Kier molecular flexibility index (Phi) is 3.53. The summed E-state index contributed by atoms with van der Waals surface area (Å²) in [6.45, 7) is 0. The molecule has 0 saturated heterocycles. The van der Waals surface area contributed by atoms with Crippen LogP contribution < -0.4 is 0 Å². The highest BCUT2D eigenvalue weighted by molar-refractivity contribution is 7.16. The van der Waals surface area contributed by atoms with Crippen LogP contribution in [0.2, 0.25) is 4.34 Å². The Balaban J connectivity index is 2.03. The minimum absolute atomic E-state index is 0.245. The van der Waals surface area contributed by atoms with Gasteiger partial charge in [0.25, 0.3) is 0 Å². The van der Waals surface area contributed by atoms with E-state index < -0.39 is 0 Å². The number of alkyl halides is 1. The highest BCUT2D eigenvalue weighted by Crippen LogP contribution is 2.28. The summed E-state index contributed by atoms with van der Waals surface area (Å²) in [5.74, 6) is 0. The lowest BCUT2D eigenvalue weighted by molar-refractivity contribution is 0.695.